The summed E-state index contributed by atoms with van der Waals surface area (Å²) < 4.78 is 11.8. The van der Waals surface area contributed by atoms with Crippen LogP contribution in [0.5, 0.6) is 0 Å². The number of amides is 1. The van der Waals surface area contributed by atoms with E-state index >= 15 is 0 Å². The third-order valence-electron chi connectivity index (χ3n) is 4.21. The van der Waals surface area contributed by atoms with Crippen LogP contribution in [0.15, 0.2) is 41.4 Å². The smallest absolute Gasteiger partial charge is 0.253 e. The lowest BCUT2D eigenvalue weighted by Gasteiger charge is -2.12. The van der Waals surface area contributed by atoms with Crippen LogP contribution in [0.2, 0.25) is 0 Å². The second-order valence-electron chi connectivity index (χ2n) is 6.74. The first-order chi connectivity index (χ1) is 12.4. The van der Waals surface area contributed by atoms with E-state index in [-0.39, 0.29) is 5.91 Å². The van der Waals surface area contributed by atoms with Gasteiger partial charge in [-0.3, -0.25) is 9.78 Å². The van der Waals surface area contributed by atoms with Crippen LogP contribution in [0.1, 0.15) is 54.9 Å². The Morgan fingerprint density at radius 1 is 1.23 bits per heavy atom. The lowest BCUT2D eigenvalue weighted by molar-refractivity contribution is 0.0950. The molecule has 0 saturated carbocycles. The molecule has 2 aromatic rings. The van der Waals surface area contributed by atoms with E-state index in [4.69, 9.17) is 0 Å². The Bertz CT molecular complexity index is 729. The zero-order valence-electron chi connectivity index (χ0n) is 16.0. The molecular formula is C21H28N2O2S. The van der Waals surface area contributed by atoms with Crippen LogP contribution in [0.3, 0.4) is 0 Å². The number of rotatable bonds is 8. The Morgan fingerprint density at radius 3 is 2.50 bits per heavy atom. The lowest BCUT2D eigenvalue weighted by atomic mass is 10.0. The van der Waals surface area contributed by atoms with Gasteiger partial charge in [0.25, 0.3) is 5.91 Å². The van der Waals surface area contributed by atoms with Gasteiger partial charge in [-0.05, 0) is 66.2 Å². The van der Waals surface area contributed by atoms with Crippen molar-refractivity contribution < 1.29 is 9.35 Å². The van der Waals surface area contributed by atoms with Crippen molar-refractivity contribution in [1.29, 1.82) is 0 Å². The van der Waals surface area contributed by atoms with Gasteiger partial charge in [-0.2, -0.15) is 0 Å². The highest BCUT2D eigenvalue weighted by Crippen LogP contribution is 2.15. The Morgan fingerprint density at radius 2 is 1.92 bits per heavy atom. The molecule has 1 aromatic carbocycles. The van der Waals surface area contributed by atoms with Gasteiger partial charge in [0.1, 0.15) is 5.75 Å². The van der Waals surface area contributed by atoms with Gasteiger partial charge >= 0.3 is 0 Å². The van der Waals surface area contributed by atoms with Crippen LogP contribution in [-0.2, 0) is 30.6 Å². The highest BCUT2D eigenvalue weighted by Gasteiger charge is 2.12. The van der Waals surface area contributed by atoms with E-state index in [9.17, 15) is 9.35 Å². The zero-order valence-corrected chi connectivity index (χ0v) is 16.9. The molecule has 1 aromatic heterocycles. The third-order valence-corrected chi connectivity index (χ3v) is 5.53. The predicted octanol–water partition coefficient (Wildman–Crippen LogP) is 3.90. The number of carbonyl (C=O) groups is 1. The van der Waals surface area contributed by atoms with Gasteiger partial charge in [0.15, 0.2) is 4.90 Å². The molecule has 26 heavy (non-hydrogen) atoms. The second-order valence-corrected chi connectivity index (χ2v) is 8.48. The van der Waals surface area contributed by atoms with Crippen molar-refractivity contribution in [2.45, 2.75) is 52.0 Å². The SMILES string of the molecule is CCc1cc(C(=O)NCc2ccc([S+]([O-])CC)cc2)cnc1CC(C)C. The molecule has 0 fully saturated rings. The van der Waals surface area contributed by atoms with E-state index in [1.165, 1.54) is 0 Å². The second kappa shape index (κ2) is 9.74. The summed E-state index contributed by atoms with van der Waals surface area (Å²) in [4.78, 5) is 17.8. The van der Waals surface area contributed by atoms with Crippen LogP contribution < -0.4 is 5.32 Å². The van der Waals surface area contributed by atoms with Crippen molar-refractivity contribution in [3.8, 4) is 0 Å². The van der Waals surface area contributed by atoms with E-state index in [0.29, 0.717) is 23.8 Å². The number of nitrogens with zero attached hydrogens (tertiary/aromatic N) is 1. The molecule has 1 amide bonds. The average Bonchev–Trinajstić information content (AvgIpc) is 2.65. The first kappa shape index (κ1) is 20.5. The Balaban J connectivity index is 2.01. The molecular weight excluding hydrogens is 344 g/mol. The normalized spacial score (nSPS) is 12.2. The molecule has 0 spiro atoms. The first-order valence-electron chi connectivity index (χ1n) is 9.17. The largest absolute Gasteiger partial charge is 0.611 e. The Kier molecular flexibility index (Phi) is 7.66. The van der Waals surface area contributed by atoms with Gasteiger partial charge in [0.2, 0.25) is 0 Å². The number of benzene rings is 1. The Labute approximate surface area is 159 Å². The van der Waals surface area contributed by atoms with Crippen LogP contribution in [0, 0.1) is 5.92 Å². The van der Waals surface area contributed by atoms with E-state index in [2.05, 4.69) is 31.1 Å². The molecule has 0 saturated heterocycles. The molecule has 1 unspecified atom stereocenters. The summed E-state index contributed by atoms with van der Waals surface area (Å²) >= 11 is -0.947. The highest BCUT2D eigenvalue weighted by molar-refractivity contribution is 7.91. The fourth-order valence-corrected chi connectivity index (χ4v) is 3.52. The maximum atomic E-state index is 12.4. The number of pyridine rings is 1. The van der Waals surface area contributed by atoms with Crippen LogP contribution >= 0.6 is 0 Å². The number of aromatic nitrogens is 1. The summed E-state index contributed by atoms with van der Waals surface area (Å²) in [5.74, 6) is 1.03. The summed E-state index contributed by atoms with van der Waals surface area (Å²) in [5, 5.41) is 2.93. The van der Waals surface area contributed by atoms with Crippen molar-refractivity contribution in [3.05, 3.63) is 58.9 Å². The molecule has 0 radical (unpaired) electrons. The van der Waals surface area contributed by atoms with Crippen molar-refractivity contribution in [2.75, 3.05) is 5.75 Å². The fourth-order valence-electron chi connectivity index (χ4n) is 2.75. The highest BCUT2D eigenvalue weighted by atomic mass is 32.2. The number of hydrogen-bond donors (Lipinski definition) is 1. The molecule has 1 N–H and O–H groups in total. The molecule has 0 aliphatic heterocycles. The minimum absolute atomic E-state index is 0.121. The van der Waals surface area contributed by atoms with E-state index in [0.717, 1.165) is 34.6 Å². The number of nitrogens with one attached hydrogen (secondary N) is 1. The molecule has 1 heterocycles. The molecule has 0 aliphatic rings. The fraction of sp³-hybridized carbons (Fsp3) is 0.429. The van der Waals surface area contributed by atoms with Gasteiger partial charge < -0.3 is 9.87 Å². The maximum absolute atomic E-state index is 12.4. The molecule has 4 nitrogen and oxygen atoms in total. The van der Waals surface area contributed by atoms with Crippen molar-refractivity contribution >= 4 is 17.1 Å². The van der Waals surface area contributed by atoms with Crippen LogP contribution in [-0.4, -0.2) is 21.2 Å². The van der Waals surface area contributed by atoms with Gasteiger partial charge in [-0.15, -0.1) is 0 Å². The molecule has 2 rings (SSSR count). The third kappa shape index (κ3) is 5.58. The summed E-state index contributed by atoms with van der Waals surface area (Å²) in [6, 6.07) is 9.49. The van der Waals surface area contributed by atoms with Crippen molar-refractivity contribution in [2.24, 2.45) is 5.92 Å². The number of aryl methyl sites for hydroxylation is 1. The minimum Gasteiger partial charge on any atom is -0.611 e. The summed E-state index contributed by atoms with van der Waals surface area (Å²) in [6.07, 6.45) is 3.46. The van der Waals surface area contributed by atoms with E-state index in [1.54, 1.807) is 6.20 Å². The van der Waals surface area contributed by atoms with Crippen molar-refractivity contribution in [1.82, 2.24) is 10.3 Å². The minimum atomic E-state index is -0.947. The van der Waals surface area contributed by atoms with Gasteiger partial charge in [0, 0.05) is 18.4 Å². The van der Waals surface area contributed by atoms with Crippen molar-refractivity contribution in [3.63, 3.8) is 0 Å². The predicted molar refractivity (Wildman–Crippen MR) is 107 cm³/mol. The molecule has 0 aliphatic carbocycles. The standard InChI is InChI=1S/C21H28N2O2S/c1-5-17-12-18(14-22-20(17)11-15(3)4)21(24)23-13-16-7-9-19(10-8-16)26(25)6-2/h7-10,12,14-15H,5-6,11,13H2,1-4H3,(H,23,24). The maximum Gasteiger partial charge on any atom is 0.253 e. The average molecular weight is 373 g/mol. The summed E-state index contributed by atoms with van der Waals surface area (Å²) in [6.45, 7) is 8.76. The van der Waals surface area contributed by atoms with E-state index < -0.39 is 11.2 Å². The van der Waals surface area contributed by atoms with Gasteiger partial charge in [-0.25, -0.2) is 0 Å². The summed E-state index contributed by atoms with van der Waals surface area (Å²) in [5.41, 5.74) is 3.80. The first-order valence-corrected chi connectivity index (χ1v) is 10.5. The molecule has 140 valence electrons. The summed E-state index contributed by atoms with van der Waals surface area (Å²) in [7, 11) is 0. The number of carbonyl (C=O) groups excluding carboxylic acids is 1. The van der Waals surface area contributed by atoms with E-state index in [1.807, 2.05) is 37.3 Å². The van der Waals surface area contributed by atoms with Crippen LogP contribution in [0.4, 0.5) is 0 Å². The molecule has 5 heteroatoms. The topological polar surface area (TPSA) is 65.0 Å². The molecule has 1 atom stereocenters. The monoisotopic (exact) mass is 372 g/mol. The quantitative estimate of drug-likeness (QED) is 0.715. The lowest BCUT2D eigenvalue weighted by Crippen LogP contribution is -2.23. The van der Waals surface area contributed by atoms with Gasteiger partial charge in [0.05, 0.1) is 5.56 Å². The Hall–Kier alpha value is -1.85. The van der Waals surface area contributed by atoms with Gasteiger partial charge in [-0.1, -0.05) is 32.9 Å². The molecule has 0 bridgehead atoms. The van der Waals surface area contributed by atoms with Crippen LogP contribution in [0.25, 0.3) is 0 Å². The number of hydrogen-bond acceptors (Lipinski definition) is 3. The zero-order chi connectivity index (χ0) is 19.1.